The highest BCUT2D eigenvalue weighted by atomic mass is 19.4. The summed E-state index contributed by atoms with van der Waals surface area (Å²) in [6.07, 6.45) is 3.70. The summed E-state index contributed by atoms with van der Waals surface area (Å²) in [5.41, 5.74) is 0.0145. The number of fused-ring (bicyclic) bond motifs is 1. The Labute approximate surface area is 183 Å². The predicted molar refractivity (Wildman–Crippen MR) is 109 cm³/mol. The summed E-state index contributed by atoms with van der Waals surface area (Å²) in [6, 6.07) is 8.58. The second kappa shape index (κ2) is 7.75. The highest BCUT2D eigenvalue weighted by molar-refractivity contribution is 5.54. The number of anilines is 1. The van der Waals surface area contributed by atoms with Gasteiger partial charge in [-0.1, -0.05) is 6.07 Å². The van der Waals surface area contributed by atoms with Gasteiger partial charge in [-0.3, -0.25) is 4.40 Å². The van der Waals surface area contributed by atoms with E-state index < -0.39 is 11.9 Å². The van der Waals surface area contributed by atoms with E-state index >= 15 is 0 Å². The van der Waals surface area contributed by atoms with Crippen molar-refractivity contribution < 1.29 is 13.2 Å². The third-order valence-electron chi connectivity index (χ3n) is 4.81. The molecule has 0 spiro atoms. The van der Waals surface area contributed by atoms with Crippen LogP contribution in [0.4, 0.5) is 18.9 Å². The lowest BCUT2D eigenvalue weighted by Crippen LogP contribution is -2.17. The molecule has 0 aliphatic heterocycles. The van der Waals surface area contributed by atoms with Crippen LogP contribution in [0.1, 0.15) is 16.8 Å². The minimum atomic E-state index is -4.67. The normalized spacial score (nSPS) is 11.6. The molecule has 0 fully saturated rings. The first kappa shape index (κ1) is 20.2. The molecule has 0 bridgehead atoms. The van der Waals surface area contributed by atoms with Crippen LogP contribution in [0.5, 0.6) is 0 Å². The molecule has 0 aliphatic carbocycles. The number of aromatic nitrogens is 8. The fourth-order valence-corrected chi connectivity index (χ4v) is 3.38. The van der Waals surface area contributed by atoms with Gasteiger partial charge < -0.3 is 5.32 Å². The lowest BCUT2D eigenvalue weighted by molar-refractivity contribution is -0.143. The number of hydrogen-bond donors (Lipinski definition) is 1. The second-order valence-electron chi connectivity index (χ2n) is 6.85. The number of nitriles is 1. The van der Waals surface area contributed by atoms with Gasteiger partial charge in [-0.05, 0) is 18.2 Å². The van der Waals surface area contributed by atoms with E-state index in [-0.39, 0.29) is 29.3 Å². The summed E-state index contributed by atoms with van der Waals surface area (Å²) in [6.45, 7) is -0.197. The maximum Gasteiger partial charge on any atom is 0.433 e. The van der Waals surface area contributed by atoms with E-state index in [0.717, 1.165) is 10.9 Å². The maximum atomic E-state index is 14.0. The molecule has 164 valence electrons. The predicted octanol–water partition coefficient (Wildman–Crippen LogP) is 3.00. The van der Waals surface area contributed by atoms with Crippen LogP contribution in [0.25, 0.3) is 17.3 Å². The summed E-state index contributed by atoms with van der Waals surface area (Å²) in [5, 5.41) is 24.1. The Morgan fingerprint density at radius 3 is 2.61 bits per heavy atom. The highest BCUT2D eigenvalue weighted by Gasteiger charge is 2.39. The molecule has 0 aromatic carbocycles. The number of hydrogen-bond acceptors (Lipinski definition) is 7. The van der Waals surface area contributed by atoms with E-state index in [1.54, 1.807) is 24.4 Å². The molecule has 0 saturated heterocycles. The van der Waals surface area contributed by atoms with E-state index in [2.05, 4.69) is 30.6 Å². The van der Waals surface area contributed by atoms with Crippen LogP contribution in [-0.2, 0) is 12.7 Å². The number of nitrogens with zero attached hydrogens (tertiary/aromatic N) is 9. The highest BCUT2D eigenvalue weighted by Crippen LogP contribution is 2.34. The van der Waals surface area contributed by atoms with Crippen molar-refractivity contribution in [1.29, 1.82) is 5.26 Å². The number of pyridine rings is 2. The van der Waals surface area contributed by atoms with Gasteiger partial charge in [-0.25, -0.2) is 14.6 Å². The number of rotatable bonds is 5. The third-order valence-corrected chi connectivity index (χ3v) is 4.81. The molecule has 0 atom stereocenters. The molecule has 33 heavy (non-hydrogen) atoms. The first-order chi connectivity index (χ1) is 16.0. The Balaban J connectivity index is 1.47. The number of halogens is 3. The Morgan fingerprint density at radius 1 is 1.03 bits per heavy atom. The zero-order valence-electron chi connectivity index (χ0n) is 16.6. The second-order valence-corrected chi connectivity index (χ2v) is 6.85. The van der Waals surface area contributed by atoms with Crippen molar-refractivity contribution >= 4 is 11.3 Å². The minimum Gasteiger partial charge on any atom is -0.380 e. The Bertz CT molecular complexity index is 1470. The maximum absolute atomic E-state index is 14.0. The summed E-state index contributed by atoms with van der Waals surface area (Å²) in [4.78, 5) is 9.48. The largest absolute Gasteiger partial charge is 0.433 e. The Hall–Kier alpha value is -4.73. The minimum absolute atomic E-state index is 0.0790. The van der Waals surface area contributed by atoms with Crippen LogP contribution in [0.3, 0.4) is 0 Å². The Morgan fingerprint density at radius 2 is 1.85 bits per heavy atom. The van der Waals surface area contributed by atoms with E-state index in [1.807, 2.05) is 6.07 Å². The van der Waals surface area contributed by atoms with Crippen molar-refractivity contribution in [3.05, 3.63) is 78.3 Å². The molecule has 10 nitrogen and oxygen atoms in total. The molecule has 5 heterocycles. The molecule has 0 unspecified atom stereocenters. The molecule has 0 aliphatic rings. The van der Waals surface area contributed by atoms with Crippen molar-refractivity contribution in [2.24, 2.45) is 0 Å². The van der Waals surface area contributed by atoms with Crippen LogP contribution >= 0.6 is 0 Å². The molecule has 0 amide bonds. The molecule has 13 heteroatoms. The molecule has 5 aromatic heterocycles. The number of alkyl halides is 3. The van der Waals surface area contributed by atoms with Gasteiger partial charge >= 0.3 is 6.18 Å². The van der Waals surface area contributed by atoms with Crippen molar-refractivity contribution in [3.8, 4) is 17.7 Å². The van der Waals surface area contributed by atoms with Gasteiger partial charge in [0, 0.05) is 18.3 Å². The fraction of sp³-hybridized carbons (Fsp3) is 0.100. The standard InChI is InChI=1S/C20H13F3N10/c21-20(22,23)18-14(10-30-32(18)17-12-26-16-3-1-2-6-31(16)17)9-25-15-7-13(8-24)19(27-11-15)33-28-4-5-29-33/h1-7,10-12,25H,9H2. The molecule has 0 saturated carbocycles. The van der Waals surface area contributed by atoms with Gasteiger partial charge in [0.05, 0.1) is 36.7 Å². The van der Waals surface area contributed by atoms with Crippen LogP contribution < -0.4 is 5.32 Å². The monoisotopic (exact) mass is 450 g/mol. The summed E-state index contributed by atoms with van der Waals surface area (Å²) < 4.78 is 44.3. The average Bonchev–Trinajstić information content (AvgIpc) is 3.56. The van der Waals surface area contributed by atoms with Gasteiger partial charge in [0.15, 0.2) is 17.3 Å². The van der Waals surface area contributed by atoms with Crippen LogP contribution in [-0.4, -0.2) is 39.1 Å². The van der Waals surface area contributed by atoms with Crippen LogP contribution in [0.2, 0.25) is 0 Å². The van der Waals surface area contributed by atoms with Gasteiger partial charge in [-0.15, -0.1) is 4.80 Å². The summed E-state index contributed by atoms with van der Waals surface area (Å²) in [5.74, 6) is 0.373. The van der Waals surface area contributed by atoms with Crippen LogP contribution in [0.15, 0.2) is 61.4 Å². The lowest BCUT2D eigenvalue weighted by atomic mass is 10.2. The number of imidazole rings is 1. The topological polar surface area (TPSA) is 115 Å². The van der Waals surface area contributed by atoms with Crippen molar-refractivity contribution in [2.45, 2.75) is 12.7 Å². The van der Waals surface area contributed by atoms with E-state index in [9.17, 15) is 18.4 Å². The van der Waals surface area contributed by atoms with Crippen molar-refractivity contribution in [2.75, 3.05) is 5.32 Å². The molecular formula is C20H13F3N10. The van der Waals surface area contributed by atoms with Crippen molar-refractivity contribution in [1.82, 2.24) is 39.1 Å². The van der Waals surface area contributed by atoms with Gasteiger partial charge in [0.1, 0.15) is 17.3 Å². The van der Waals surface area contributed by atoms with E-state index in [0.29, 0.717) is 11.3 Å². The zero-order valence-corrected chi connectivity index (χ0v) is 16.6. The Kier molecular flexibility index (Phi) is 4.74. The molecule has 5 rings (SSSR count). The third kappa shape index (κ3) is 3.63. The van der Waals surface area contributed by atoms with Crippen molar-refractivity contribution in [3.63, 3.8) is 0 Å². The van der Waals surface area contributed by atoms with E-state index in [4.69, 9.17) is 0 Å². The van der Waals surface area contributed by atoms with Gasteiger partial charge in [-0.2, -0.15) is 33.7 Å². The van der Waals surface area contributed by atoms with E-state index in [1.165, 1.54) is 40.1 Å². The summed E-state index contributed by atoms with van der Waals surface area (Å²) >= 11 is 0. The summed E-state index contributed by atoms with van der Waals surface area (Å²) in [7, 11) is 0. The molecule has 1 N–H and O–H groups in total. The average molecular weight is 450 g/mol. The lowest BCUT2D eigenvalue weighted by Gasteiger charge is -2.13. The number of nitrogens with one attached hydrogen (secondary N) is 1. The molecule has 0 radical (unpaired) electrons. The first-order valence-corrected chi connectivity index (χ1v) is 9.53. The van der Waals surface area contributed by atoms with Gasteiger partial charge in [0.25, 0.3) is 0 Å². The zero-order chi connectivity index (χ0) is 23.0. The SMILES string of the molecule is N#Cc1cc(NCc2cnn(-c3cnc4ccccn34)c2C(F)(F)F)cnc1-n1nccn1. The smallest absolute Gasteiger partial charge is 0.380 e. The molecule has 5 aromatic rings. The quantitative estimate of drug-likeness (QED) is 0.438. The first-order valence-electron chi connectivity index (χ1n) is 9.53. The van der Waals surface area contributed by atoms with Crippen LogP contribution in [0, 0.1) is 11.3 Å². The molecular weight excluding hydrogens is 437 g/mol. The fourth-order valence-electron chi connectivity index (χ4n) is 3.38. The van der Waals surface area contributed by atoms with Gasteiger partial charge in [0.2, 0.25) is 0 Å².